The number of ether oxygens (including phenoxy) is 2. The molecule has 0 spiro atoms. The summed E-state index contributed by atoms with van der Waals surface area (Å²) in [5, 5.41) is 12.7. The minimum absolute atomic E-state index is 0.342. The van der Waals surface area contributed by atoms with E-state index < -0.39 is 0 Å². The maximum Gasteiger partial charge on any atom is 0.261 e. The van der Waals surface area contributed by atoms with Crippen LogP contribution in [0.3, 0.4) is 0 Å². The molecule has 1 heterocycles. The first kappa shape index (κ1) is 18.4. The Morgan fingerprint density at radius 2 is 1.88 bits per heavy atom. The number of aromatic nitrogens is 2. The second-order valence-corrected chi connectivity index (χ2v) is 6.88. The van der Waals surface area contributed by atoms with Crippen molar-refractivity contribution in [2.24, 2.45) is 0 Å². The molecule has 134 valence electrons. The average Bonchev–Trinajstić information content (AvgIpc) is 3.09. The molecule has 1 aromatic heterocycles. The van der Waals surface area contributed by atoms with Crippen molar-refractivity contribution >= 4 is 45.6 Å². The predicted octanol–water partition coefficient (Wildman–Crippen LogP) is 4.78. The van der Waals surface area contributed by atoms with Gasteiger partial charge in [0.2, 0.25) is 5.13 Å². The Morgan fingerprint density at radius 3 is 2.58 bits per heavy atom. The molecular weight excluding hydrogens is 397 g/mol. The number of nitrogens with one attached hydrogen (secondary N) is 1. The molecule has 3 aromatic rings. The van der Waals surface area contributed by atoms with Gasteiger partial charge in [-0.05, 0) is 30.3 Å². The fourth-order valence-corrected chi connectivity index (χ4v) is 3.53. The molecule has 6 nitrogen and oxygen atoms in total. The lowest BCUT2D eigenvalue weighted by Gasteiger charge is -2.09. The highest BCUT2D eigenvalue weighted by atomic mass is 35.5. The van der Waals surface area contributed by atoms with Gasteiger partial charge < -0.3 is 9.47 Å². The van der Waals surface area contributed by atoms with Gasteiger partial charge in [0, 0.05) is 16.7 Å². The minimum Gasteiger partial charge on any atom is -0.497 e. The first-order valence-corrected chi connectivity index (χ1v) is 8.91. The van der Waals surface area contributed by atoms with Crippen molar-refractivity contribution in [3.05, 3.63) is 52.0 Å². The SMILES string of the molecule is COc1ccc(C(=O)Nc2nnc(-c3ccc(Cl)cc3Cl)s2)c(OC)c1. The van der Waals surface area contributed by atoms with Crippen LogP contribution < -0.4 is 14.8 Å². The van der Waals surface area contributed by atoms with Crippen LogP contribution in [0.2, 0.25) is 10.0 Å². The summed E-state index contributed by atoms with van der Waals surface area (Å²) < 4.78 is 10.4. The summed E-state index contributed by atoms with van der Waals surface area (Å²) in [6.07, 6.45) is 0. The van der Waals surface area contributed by atoms with E-state index in [2.05, 4.69) is 15.5 Å². The van der Waals surface area contributed by atoms with Crippen LogP contribution in [0, 0.1) is 0 Å². The fourth-order valence-electron chi connectivity index (χ4n) is 2.20. The van der Waals surface area contributed by atoms with Crippen molar-refractivity contribution in [3.63, 3.8) is 0 Å². The molecule has 26 heavy (non-hydrogen) atoms. The van der Waals surface area contributed by atoms with Crippen LogP contribution in [0.1, 0.15) is 10.4 Å². The van der Waals surface area contributed by atoms with Crippen LogP contribution in [0.4, 0.5) is 5.13 Å². The third-order valence-electron chi connectivity index (χ3n) is 3.46. The minimum atomic E-state index is -0.366. The molecule has 3 rings (SSSR count). The quantitative estimate of drug-likeness (QED) is 0.655. The number of nitrogens with zero attached hydrogens (tertiary/aromatic N) is 2. The highest BCUT2D eigenvalue weighted by Crippen LogP contribution is 2.34. The van der Waals surface area contributed by atoms with Crippen LogP contribution in [0.15, 0.2) is 36.4 Å². The molecule has 0 bridgehead atoms. The predicted molar refractivity (Wildman–Crippen MR) is 103 cm³/mol. The van der Waals surface area contributed by atoms with Gasteiger partial charge in [-0.15, -0.1) is 10.2 Å². The summed E-state index contributed by atoms with van der Waals surface area (Å²) in [6.45, 7) is 0. The molecule has 0 fully saturated rings. The highest BCUT2D eigenvalue weighted by Gasteiger charge is 2.17. The van der Waals surface area contributed by atoms with Gasteiger partial charge in [0.15, 0.2) is 5.01 Å². The van der Waals surface area contributed by atoms with E-state index in [1.807, 2.05) is 0 Å². The number of rotatable bonds is 5. The number of halogens is 2. The summed E-state index contributed by atoms with van der Waals surface area (Å²) in [6, 6.07) is 10.0. The first-order chi connectivity index (χ1) is 12.5. The number of carbonyl (C=O) groups excluding carboxylic acids is 1. The number of amides is 1. The van der Waals surface area contributed by atoms with Crippen LogP contribution >= 0.6 is 34.5 Å². The van der Waals surface area contributed by atoms with Gasteiger partial charge in [0.05, 0.1) is 24.8 Å². The average molecular weight is 410 g/mol. The van der Waals surface area contributed by atoms with Crippen molar-refractivity contribution in [1.82, 2.24) is 10.2 Å². The lowest BCUT2D eigenvalue weighted by Crippen LogP contribution is -2.13. The van der Waals surface area contributed by atoms with E-state index in [9.17, 15) is 4.79 Å². The largest absolute Gasteiger partial charge is 0.497 e. The lowest BCUT2D eigenvalue weighted by molar-refractivity contribution is 0.102. The zero-order valence-corrected chi connectivity index (χ0v) is 16.1. The summed E-state index contributed by atoms with van der Waals surface area (Å²) in [5.74, 6) is 0.621. The topological polar surface area (TPSA) is 73.3 Å². The molecule has 1 N–H and O–H groups in total. The number of benzene rings is 2. The molecule has 0 radical (unpaired) electrons. The lowest BCUT2D eigenvalue weighted by atomic mass is 10.2. The third-order valence-corrected chi connectivity index (χ3v) is 4.88. The van der Waals surface area contributed by atoms with Crippen LogP contribution in [-0.2, 0) is 0 Å². The van der Waals surface area contributed by atoms with Crippen LogP contribution in [0.5, 0.6) is 11.5 Å². The molecule has 0 saturated heterocycles. The molecule has 0 saturated carbocycles. The van der Waals surface area contributed by atoms with Gasteiger partial charge in [-0.3, -0.25) is 10.1 Å². The van der Waals surface area contributed by atoms with Crippen LogP contribution in [-0.4, -0.2) is 30.3 Å². The first-order valence-electron chi connectivity index (χ1n) is 7.34. The Hall–Kier alpha value is -2.35. The highest BCUT2D eigenvalue weighted by molar-refractivity contribution is 7.18. The molecule has 2 aromatic carbocycles. The van der Waals surface area contributed by atoms with Gasteiger partial charge in [0.1, 0.15) is 11.5 Å². The van der Waals surface area contributed by atoms with E-state index in [0.717, 1.165) is 0 Å². The number of anilines is 1. The number of hydrogen-bond donors (Lipinski definition) is 1. The molecular formula is C17H13Cl2N3O3S. The summed E-state index contributed by atoms with van der Waals surface area (Å²) in [5.41, 5.74) is 1.05. The standard InChI is InChI=1S/C17H13Cl2N3O3S/c1-24-10-4-6-12(14(8-10)25-2)15(23)20-17-22-21-16(26-17)11-5-3-9(18)7-13(11)19/h3-8H,1-2H3,(H,20,22,23). The maximum atomic E-state index is 12.5. The fraction of sp³-hybridized carbons (Fsp3) is 0.118. The second-order valence-electron chi connectivity index (χ2n) is 5.06. The Kier molecular flexibility index (Phi) is 5.61. The molecule has 1 amide bonds. The number of methoxy groups -OCH3 is 2. The number of carbonyl (C=O) groups is 1. The maximum absolute atomic E-state index is 12.5. The zero-order chi connectivity index (χ0) is 18.7. The Bertz CT molecular complexity index is 962. The third kappa shape index (κ3) is 3.90. The van der Waals surface area contributed by atoms with Crippen molar-refractivity contribution in [3.8, 4) is 22.1 Å². The second kappa shape index (κ2) is 7.90. The van der Waals surface area contributed by atoms with Crippen molar-refractivity contribution in [1.29, 1.82) is 0 Å². The van der Waals surface area contributed by atoms with Crippen molar-refractivity contribution in [2.75, 3.05) is 19.5 Å². The Morgan fingerprint density at radius 1 is 1.08 bits per heavy atom. The zero-order valence-electron chi connectivity index (χ0n) is 13.7. The van der Waals surface area contributed by atoms with E-state index in [4.69, 9.17) is 32.7 Å². The molecule has 9 heteroatoms. The molecule has 0 aliphatic carbocycles. The summed E-state index contributed by atoms with van der Waals surface area (Å²) >= 11 is 13.3. The van der Waals surface area contributed by atoms with E-state index in [-0.39, 0.29) is 5.91 Å². The molecule has 0 unspecified atom stereocenters. The molecule has 0 aliphatic heterocycles. The van der Waals surface area contributed by atoms with Gasteiger partial charge in [-0.25, -0.2) is 0 Å². The Labute approximate surface area is 163 Å². The monoisotopic (exact) mass is 409 g/mol. The number of hydrogen-bond acceptors (Lipinski definition) is 6. The van der Waals surface area contributed by atoms with E-state index in [0.29, 0.717) is 42.8 Å². The van der Waals surface area contributed by atoms with E-state index >= 15 is 0 Å². The van der Waals surface area contributed by atoms with Crippen molar-refractivity contribution in [2.45, 2.75) is 0 Å². The summed E-state index contributed by atoms with van der Waals surface area (Å²) in [7, 11) is 3.02. The normalized spacial score (nSPS) is 10.5. The van der Waals surface area contributed by atoms with Gasteiger partial charge in [-0.2, -0.15) is 0 Å². The van der Waals surface area contributed by atoms with E-state index in [1.165, 1.54) is 18.4 Å². The van der Waals surface area contributed by atoms with Crippen LogP contribution in [0.25, 0.3) is 10.6 Å². The molecule has 0 aliphatic rings. The Balaban J connectivity index is 1.82. The summed E-state index contributed by atoms with van der Waals surface area (Å²) in [4.78, 5) is 12.5. The van der Waals surface area contributed by atoms with E-state index in [1.54, 1.807) is 43.5 Å². The van der Waals surface area contributed by atoms with Gasteiger partial charge >= 0.3 is 0 Å². The van der Waals surface area contributed by atoms with Crippen molar-refractivity contribution < 1.29 is 14.3 Å². The van der Waals surface area contributed by atoms with Gasteiger partial charge in [-0.1, -0.05) is 34.5 Å². The van der Waals surface area contributed by atoms with Gasteiger partial charge in [0.25, 0.3) is 5.91 Å². The molecule has 0 atom stereocenters. The smallest absolute Gasteiger partial charge is 0.261 e.